The van der Waals surface area contributed by atoms with E-state index in [0.717, 1.165) is 22.2 Å². The van der Waals surface area contributed by atoms with Crippen molar-refractivity contribution in [2.45, 2.75) is 6.42 Å². The number of nitrogens with one attached hydrogen (secondary N) is 1. The van der Waals surface area contributed by atoms with Crippen LogP contribution >= 0.6 is 0 Å². The van der Waals surface area contributed by atoms with Gasteiger partial charge in [-0.3, -0.25) is 9.78 Å². The smallest absolute Gasteiger partial charge is 0.228 e. The van der Waals surface area contributed by atoms with E-state index in [1.54, 1.807) is 43.8 Å². The number of anilines is 1. The fourth-order valence-electron chi connectivity index (χ4n) is 3.17. The molecule has 28 heavy (non-hydrogen) atoms. The summed E-state index contributed by atoms with van der Waals surface area (Å²) in [6, 6.07) is 15.4. The van der Waals surface area contributed by atoms with Crippen LogP contribution in [0.2, 0.25) is 0 Å². The highest BCUT2D eigenvalue weighted by Gasteiger charge is 2.14. The van der Waals surface area contributed by atoms with Gasteiger partial charge >= 0.3 is 0 Å². The lowest BCUT2D eigenvalue weighted by atomic mass is 10.1. The molecule has 0 radical (unpaired) electrons. The molecule has 0 saturated heterocycles. The lowest BCUT2D eigenvalue weighted by molar-refractivity contribution is -0.115. The molecule has 0 unspecified atom stereocenters. The number of carbonyl (C=O) groups excluding carboxylic acids is 1. The Morgan fingerprint density at radius 2 is 1.86 bits per heavy atom. The molecule has 1 amide bonds. The van der Waals surface area contributed by atoms with E-state index in [2.05, 4.69) is 10.3 Å². The molecule has 0 aliphatic heterocycles. The van der Waals surface area contributed by atoms with Gasteiger partial charge in [-0.25, -0.2) is 4.39 Å². The Balaban J connectivity index is 1.72. The number of hydrogen-bond acceptors (Lipinski definition) is 3. The number of halogens is 1. The van der Waals surface area contributed by atoms with E-state index in [9.17, 15) is 9.18 Å². The Hall–Kier alpha value is -3.67. The van der Waals surface area contributed by atoms with Crippen molar-refractivity contribution < 1.29 is 13.9 Å². The van der Waals surface area contributed by atoms with E-state index < -0.39 is 0 Å². The van der Waals surface area contributed by atoms with Gasteiger partial charge in [-0.05, 0) is 54.1 Å². The molecule has 5 nitrogen and oxygen atoms in total. The Morgan fingerprint density at radius 3 is 2.57 bits per heavy atom. The summed E-state index contributed by atoms with van der Waals surface area (Å²) in [5.74, 6) is 0.289. The Bertz CT molecular complexity index is 1120. The summed E-state index contributed by atoms with van der Waals surface area (Å²) >= 11 is 0. The number of fused-ring (bicyclic) bond motifs is 1. The van der Waals surface area contributed by atoms with Crippen LogP contribution in [0.3, 0.4) is 0 Å². The van der Waals surface area contributed by atoms with Crippen LogP contribution in [0, 0.1) is 5.82 Å². The van der Waals surface area contributed by atoms with Gasteiger partial charge < -0.3 is 14.6 Å². The van der Waals surface area contributed by atoms with Crippen molar-refractivity contribution in [1.82, 2.24) is 9.55 Å². The molecule has 2 aromatic heterocycles. The molecule has 0 atom stereocenters. The molecule has 4 aromatic rings. The van der Waals surface area contributed by atoms with Crippen molar-refractivity contribution in [1.29, 1.82) is 0 Å². The number of pyridine rings is 1. The number of carbonyl (C=O) groups is 1. The lowest BCUT2D eigenvalue weighted by Gasteiger charge is -2.06. The van der Waals surface area contributed by atoms with Gasteiger partial charge in [0.1, 0.15) is 11.6 Å². The molecule has 2 heterocycles. The first-order valence-corrected chi connectivity index (χ1v) is 8.78. The van der Waals surface area contributed by atoms with Gasteiger partial charge in [0.15, 0.2) is 0 Å². The minimum Gasteiger partial charge on any atom is -0.497 e. The third kappa shape index (κ3) is 3.57. The van der Waals surface area contributed by atoms with Crippen LogP contribution in [0.5, 0.6) is 5.75 Å². The summed E-state index contributed by atoms with van der Waals surface area (Å²) in [7, 11) is 1.61. The maximum Gasteiger partial charge on any atom is 0.228 e. The SMILES string of the molecule is COc1ccc2c(CC(=O)Nc3ccncc3)cn(-c3ccc(F)cc3)c2c1. The first-order valence-electron chi connectivity index (χ1n) is 8.78. The fraction of sp³-hybridized carbons (Fsp3) is 0.0909. The predicted molar refractivity (Wildman–Crippen MR) is 106 cm³/mol. The Labute approximate surface area is 161 Å². The van der Waals surface area contributed by atoms with Crippen LogP contribution < -0.4 is 10.1 Å². The van der Waals surface area contributed by atoms with Gasteiger partial charge in [-0.1, -0.05) is 0 Å². The summed E-state index contributed by atoms with van der Waals surface area (Å²) in [4.78, 5) is 16.5. The fourth-order valence-corrected chi connectivity index (χ4v) is 3.17. The maximum absolute atomic E-state index is 13.3. The quantitative estimate of drug-likeness (QED) is 0.564. The second kappa shape index (κ2) is 7.52. The highest BCUT2D eigenvalue weighted by atomic mass is 19.1. The molecule has 0 bridgehead atoms. The average Bonchev–Trinajstić information content (AvgIpc) is 3.06. The minimum absolute atomic E-state index is 0.125. The number of benzene rings is 2. The second-order valence-corrected chi connectivity index (χ2v) is 6.34. The predicted octanol–water partition coefficient (Wildman–Crippen LogP) is 4.35. The largest absolute Gasteiger partial charge is 0.497 e. The van der Waals surface area contributed by atoms with E-state index in [-0.39, 0.29) is 18.1 Å². The molecule has 2 aromatic carbocycles. The molecule has 0 aliphatic carbocycles. The molecule has 0 spiro atoms. The Kier molecular flexibility index (Phi) is 4.76. The summed E-state index contributed by atoms with van der Waals surface area (Å²) in [6.45, 7) is 0. The van der Waals surface area contributed by atoms with Gasteiger partial charge in [-0.15, -0.1) is 0 Å². The molecule has 1 N–H and O–H groups in total. The zero-order valence-electron chi connectivity index (χ0n) is 15.2. The molecule has 0 aliphatic rings. The normalized spacial score (nSPS) is 10.8. The lowest BCUT2D eigenvalue weighted by Crippen LogP contribution is -2.14. The summed E-state index contributed by atoms with van der Waals surface area (Å²) in [5.41, 5.74) is 3.26. The summed E-state index contributed by atoms with van der Waals surface area (Å²) < 4.78 is 20.6. The monoisotopic (exact) mass is 375 g/mol. The Morgan fingerprint density at radius 1 is 1.11 bits per heavy atom. The van der Waals surface area contributed by atoms with Gasteiger partial charge in [-0.2, -0.15) is 0 Å². The van der Waals surface area contributed by atoms with Crippen LogP contribution in [0.25, 0.3) is 16.6 Å². The van der Waals surface area contributed by atoms with E-state index in [0.29, 0.717) is 11.4 Å². The number of nitrogens with zero attached hydrogens (tertiary/aromatic N) is 2. The molecule has 0 saturated carbocycles. The molecule has 0 fully saturated rings. The van der Waals surface area contributed by atoms with Crippen LogP contribution in [-0.2, 0) is 11.2 Å². The average molecular weight is 375 g/mol. The number of rotatable bonds is 5. The number of ether oxygens (including phenoxy) is 1. The molecular weight excluding hydrogens is 357 g/mol. The van der Waals surface area contributed by atoms with Crippen LogP contribution in [-0.4, -0.2) is 22.6 Å². The van der Waals surface area contributed by atoms with Gasteiger partial charge in [0.05, 0.1) is 19.0 Å². The number of hydrogen-bond donors (Lipinski definition) is 1. The number of amides is 1. The maximum atomic E-state index is 13.3. The second-order valence-electron chi connectivity index (χ2n) is 6.34. The first kappa shape index (κ1) is 17.7. The minimum atomic E-state index is -0.297. The highest BCUT2D eigenvalue weighted by Crippen LogP contribution is 2.29. The zero-order valence-corrected chi connectivity index (χ0v) is 15.2. The van der Waals surface area contributed by atoms with Crippen molar-refractivity contribution >= 4 is 22.5 Å². The highest BCUT2D eigenvalue weighted by molar-refractivity contribution is 5.96. The number of aromatic nitrogens is 2. The van der Waals surface area contributed by atoms with E-state index in [1.807, 2.05) is 29.0 Å². The van der Waals surface area contributed by atoms with E-state index in [1.165, 1.54) is 12.1 Å². The molecular formula is C22H18FN3O2. The van der Waals surface area contributed by atoms with Crippen molar-refractivity contribution in [3.05, 3.63) is 84.6 Å². The van der Waals surface area contributed by atoms with E-state index >= 15 is 0 Å². The van der Waals surface area contributed by atoms with Crippen LogP contribution in [0.15, 0.2) is 73.2 Å². The van der Waals surface area contributed by atoms with Crippen molar-refractivity contribution in [2.24, 2.45) is 0 Å². The van der Waals surface area contributed by atoms with Crippen LogP contribution in [0.4, 0.5) is 10.1 Å². The zero-order chi connectivity index (χ0) is 19.5. The van der Waals surface area contributed by atoms with Crippen molar-refractivity contribution in [2.75, 3.05) is 12.4 Å². The van der Waals surface area contributed by atoms with Gasteiger partial charge in [0.2, 0.25) is 5.91 Å². The van der Waals surface area contributed by atoms with Crippen molar-refractivity contribution in [3.8, 4) is 11.4 Å². The third-order valence-corrected chi connectivity index (χ3v) is 4.52. The van der Waals surface area contributed by atoms with Crippen LogP contribution in [0.1, 0.15) is 5.56 Å². The topological polar surface area (TPSA) is 56.1 Å². The molecule has 6 heteroatoms. The summed E-state index contributed by atoms with van der Waals surface area (Å²) in [6.07, 6.45) is 5.37. The van der Waals surface area contributed by atoms with Gasteiger partial charge in [0, 0.05) is 41.4 Å². The molecule has 140 valence electrons. The van der Waals surface area contributed by atoms with Gasteiger partial charge in [0.25, 0.3) is 0 Å². The molecule has 4 rings (SSSR count). The third-order valence-electron chi connectivity index (χ3n) is 4.52. The number of methoxy groups -OCH3 is 1. The van der Waals surface area contributed by atoms with E-state index in [4.69, 9.17) is 4.74 Å². The summed E-state index contributed by atoms with van der Waals surface area (Å²) in [5, 5.41) is 3.81. The standard InChI is InChI=1S/C22H18FN3O2/c1-28-19-6-7-20-15(12-22(27)25-17-8-10-24-11-9-17)14-26(21(20)13-19)18-4-2-16(23)3-5-18/h2-11,13-14H,12H2,1H3,(H,24,25,27). The van der Waals surface area contributed by atoms with Crippen molar-refractivity contribution in [3.63, 3.8) is 0 Å². The first-order chi connectivity index (χ1) is 13.6.